The van der Waals surface area contributed by atoms with Crippen molar-refractivity contribution in [3.8, 4) is 0 Å². The first-order valence-electron chi connectivity index (χ1n) is 6.28. The normalized spacial score (nSPS) is 10.9. The number of imidazole rings is 1. The summed E-state index contributed by atoms with van der Waals surface area (Å²) in [5.41, 5.74) is 2.36. The van der Waals surface area contributed by atoms with Crippen molar-refractivity contribution in [1.82, 2.24) is 19.5 Å². The number of hydrogen-bond acceptors (Lipinski definition) is 4. The van der Waals surface area contributed by atoms with Crippen LogP contribution in [-0.2, 0) is 6.54 Å². The molecule has 0 radical (unpaired) electrons. The van der Waals surface area contributed by atoms with Crippen molar-refractivity contribution < 1.29 is 9.90 Å². The Labute approximate surface area is 118 Å². The van der Waals surface area contributed by atoms with E-state index in [2.05, 4.69) is 15.0 Å². The number of nitrogens with one attached hydrogen (secondary N) is 1. The monoisotopic (exact) mass is 284 g/mol. The zero-order valence-electron chi connectivity index (χ0n) is 11.2. The van der Waals surface area contributed by atoms with Crippen molar-refractivity contribution in [2.24, 2.45) is 0 Å². The molecule has 0 atom stereocenters. The Kier molecular flexibility index (Phi) is 3.02. The Hall–Kier alpha value is -2.96. The second kappa shape index (κ2) is 4.86. The molecular weight excluding hydrogens is 272 g/mol. The van der Waals surface area contributed by atoms with Gasteiger partial charge in [-0.15, -0.1) is 0 Å². The van der Waals surface area contributed by atoms with E-state index in [9.17, 15) is 9.59 Å². The maximum Gasteiger partial charge on any atom is 0.335 e. The first-order valence-corrected chi connectivity index (χ1v) is 6.28. The molecular formula is C14H12N4O3. The third kappa shape index (κ3) is 2.40. The number of aromatic carboxylic acids is 1. The van der Waals surface area contributed by atoms with Gasteiger partial charge in [0.05, 0.1) is 40.7 Å². The van der Waals surface area contributed by atoms with Gasteiger partial charge >= 0.3 is 11.7 Å². The van der Waals surface area contributed by atoms with Gasteiger partial charge in [0, 0.05) is 6.20 Å². The van der Waals surface area contributed by atoms with Gasteiger partial charge in [0.25, 0.3) is 0 Å². The van der Waals surface area contributed by atoms with Crippen LogP contribution in [0.4, 0.5) is 0 Å². The average molecular weight is 284 g/mol. The minimum absolute atomic E-state index is 0.130. The highest BCUT2D eigenvalue weighted by Crippen LogP contribution is 2.14. The fraction of sp³-hybridized carbons (Fsp3) is 0.143. The van der Waals surface area contributed by atoms with Crippen LogP contribution < -0.4 is 5.69 Å². The number of carboxylic acid groups (broad SMARTS) is 1. The highest BCUT2D eigenvalue weighted by molar-refractivity contribution is 5.92. The molecule has 1 aromatic carbocycles. The van der Waals surface area contributed by atoms with Gasteiger partial charge in [-0.2, -0.15) is 0 Å². The smallest absolute Gasteiger partial charge is 0.335 e. The summed E-state index contributed by atoms with van der Waals surface area (Å²) in [5, 5.41) is 9.04. The van der Waals surface area contributed by atoms with Gasteiger partial charge in [-0.05, 0) is 25.1 Å². The number of fused-ring (bicyclic) bond motifs is 1. The van der Waals surface area contributed by atoms with Gasteiger partial charge in [0.2, 0.25) is 0 Å². The molecule has 21 heavy (non-hydrogen) atoms. The first kappa shape index (κ1) is 13.0. The number of aromatic nitrogens is 4. The number of rotatable bonds is 3. The van der Waals surface area contributed by atoms with Gasteiger partial charge in [-0.25, -0.2) is 9.59 Å². The molecule has 0 amide bonds. The van der Waals surface area contributed by atoms with Crippen molar-refractivity contribution in [2.45, 2.75) is 13.5 Å². The Morgan fingerprint density at radius 1 is 1.33 bits per heavy atom. The lowest BCUT2D eigenvalue weighted by Crippen LogP contribution is -2.18. The van der Waals surface area contributed by atoms with Crippen LogP contribution in [0.5, 0.6) is 0 Å². The van der Waals surface area contributed by atoms with Crippen molar-refractivity contribution in [2.75, 3.05) is 0 Å². The molecule has 3 aromatic rings. The van der Waals surface area contributed by atoms with Crippen LogP contribution in [0, 0.1) is 6.92 Å². The van der Waals surface area contributed by atoms with E-state index in [1.807, 2.05) is 6.92 Å². The summed E-state index contributed by atoms with van der Waals surface area (Å²) in [6.07, 6.45) is 3.22. The lowest BCUT2D eigenvalue weighted by atomic mass is 10.2. The summed E-state index contributed by atoms with van der Waals surface area (Å²) >= 11 is 0. The number of benzene rings is 1. The third-order valence-electron chi connectivity index (χ3n) is 3.18. The molecule has 3 rings (SSSR count). The summed E-state index contributed by atoms with van der Waals surface area (Å²) in [6.45, 7) is 2.06. The van der Waals surface area contributed by atoms with E-state index in [0.29, 0.717) is 16.7 Å². The summed E-state index contributed by atoms with van der Waals surface area (Å²) in [7, 11) is 0. The van der Waals surface area contributed by atoms with Crippen LogP contribution >= 0.6 is 0 Å². The molecule has 7 nitrogen and oxygen atoms in total. The molecule has 7 heteroatoms. The molecule has 106 valence electrons. The van der Waals surface area contributed by atoms with Gasteiger partial charge in [0.15, 0.2) is 0 Å². The molecule has 0 saturated heterocycles. The first-order chi connectivity index (χ1) is 10.0. The van der Waals surface area contributed by atoms with Gasteiger partial charge in [-0.3, -0.25) is 14.5 Å². The summed E-state index contributed by atoms with van der Waals surface area (Å²) in [5.74, 6) is -1.03. The summed E-state index contributed by atoms with van der Waals surface area (Å²) < 4.78 is 1.45. The largest absolute Gasteiger partial charge is 0.478 e. The van der Waals surface area contributed by atoms with Gasteiger partial charge in [-0.1, -0.05) is 0 Å². The van der Waals surface area contributed by atoms with E-state index in [0.717, 1.165) is 5.69 Å². The predicted octanol–water partition coefficient (Wildman–Crippen LogP) is 1.17. The quantitative estimate of drug-likeness (QED) is 0.752. The van der Waals surface area contributed by atoms with Crippen LogP contribution in [0.1, 0.15) is 21.7 Å². The molecule has 0 fully saturated rings. The highest BCUT2D eigenvalue weighted by atomic mass is 16.4. The molecule has 0 unspecified atom stereocenters. The van der Waals surface area contributed by atoms with Crippen molar-refractivity contribution in [3.05, 3.63) is 58.0 Å². The minimum Gasteiger partial charge on any atom is -0.478 e. The number of aryl methyl sites for hydroxylation is 1. The predicted molar refractivity (Wildman–Crippen MR) is 75.4 cm³/mol. The second-order valence-corrected chi connectivity index (χ2v) is 4.70. The second-order valence-electron chi connectivity index (χ2n) is 4.70. The van der Waals surface area contributed by atoms with E-state index in [1.54, 1.807) is 18.5 Å². The van der Waals surface area contributed by atoms with E-state index in [4.69, 9.17) is 5.11 Å². The molecule has 0 aliphatic carbocycles. The number of hydrogen-bond donors (Lipinski definition) is 2. The minimum atomic E-state index is -1.03. The molecule has 2 N–H and O–H groups in total. The topological polar surface area (TPSA) is 101 Å². The standard InChI is InChI=1S/C14H12N4O3/c1-8-5-16-10(6-15-8)7-18-12-4-9(13(19)20)2-3-11(12)17-14(18)21/h2-6H,7H2,1H3,(H,17,21)(H,19,20). The highest BCUT2D eigenvalue weighted by Gasteiger charge is 2.11. The maximum absolute atomic E-state index is 12.0. The van der Waals surface area contributed by atoms with E-state index >= 15 is 0 Å². The van der Waals surface area contributed by atoms with Crippen molar-refractivity contribution >= 4 is 17.0 Å². The van der Waals surface area contributed by atoms with Gasteiger partial charge < -0.3 is 10.1 Å². The third-order valence-corrected chi connectivity index (χ3v) is 3.18. The van der Waals surface area contributed by atoms with Crippen LogP contribution in [0.2, 0.25) is 0 Å². The summed E-state index contributed by atoms with van der Waals surface area (Å²) in [6, 6.07) is 4.51. The Morgan fingerprint density at radius 3 is 2.81 bits per heavy atom. The Bertz CT molecular complexity index is 877. The molecule has 0 bridgehead atoms. The number of H-pyrrole nitrogens is 1. The zero-order valence-corrected chi connectivity index (χ0v) is 11.2. The van der Waals surface area contributed by atoms with E-state index in [1.165, 1.54) is 16.7 Å². The Morgan fingerprint density at radius 2 is 2.14 bits per heavy atom. The number of aromatic amines is 1. The zero-order chi connectivity index (χ0) is 15.0. The van der Waals surface area contributed by atoms with Crippen LogP contribution in [0.3, 0.4) is 0 Å². The number of carboxylic acids is 1. The van der Waals surface area contributed by atoms with Crippen LogP contribution in [0.15, 0.2) is 35.4 Å². The lowest BCUT2D eigenvalue weighted by molar-refractivity contribution is 0.0697. The number of nitrogens with zero attached hydrogens (tertiary/aromatic N) is 3. The fourth-order valence-corrected chi connectivity index (χ4v) is 2.11. The lowest BCUT2D eigenvalue weighted by Gasteiger charge is -2.03. The number of carbonyl (C=O) groups is 1. The molecule has 0 aliphatic rings. The van der Waals surface area contributed by atoms with Gasteiger partial charge in [0.1, 0.15) is 0 Å². The van der Waals surface area contributed by atoms with Crippen LogP contribution in [0.25, 0.3) is 11.0 Å². The maximum atomic E-state index is 12.0. The molecule has 0 saturated carbocycles. The molecule has 2 heterocycles. The molecule has 2 aromatic heterocycles. The fourth-order valence-electron chi connectivity index (χ4n) is 2.11. The SMILES string of the molecule is Cc1cnc(Cn2c(=O)[nH]c3ccc(C(=O)O)cc32)cn1. The van der Waals surface area contributed by atoms with Crippen molar-refractivity contribution in [1.29, 1.82) is 0 Å². The average Bonchev–Trinajstić information content (AvgIpc) is 2.77. The van der Waals surface area contributed by atoms with Crippen molar-refractivity contribution in [3.63, 3.8) is 0 Å². The molecule has 0 spiro atoms. The Balaban J connectivity index is 2.10. The van der Waals surface area contributed by atoms with Crippen LogP contribution in [-0.4, -0.2) is 30.6 Å². The van der Waals surface area contributed by atoms with E-state index in [-0.39, 0.29) is 17.8 Å². The van der Waals surface area contributed by atoms with E-state index < -0.39 is 5.97 Å². The molecule has 0 aliphatic heterocycles. The summed E-state index contributed by atoms with van der Waals surface area (Å²) in [4.78, 5) is 34.1.